The van der Waals surface area contributed by atoms with Gasteiger partial charge in [-0.3, -0.25) is 0 Å². The minimum atomic E-state index is -8.05. The number of alkyl halides is 12. The van der Waals surface area contributed by atoms with E-state index < -0.39 is 51.9 Å². The maximum absolute atomic E-state index is 12.8. The quantitative estimate of drug-likeness (QED) is 0.355. The van der Waals surface area contributed by atoms with Gasteiger partial charge in [-0.05, 0) is 0 Å². The molecule has 0 aromatic carbocycles. The van der Waals surface area contributed by atoms with E-state index in [1.807, 2.05) is 0 Å². The molecule has 0 aromatic rings. The van der Waals surface area contributed by atoms with Crippen LogP contribution in [0.5, 0.6) is 0 Å². The molecule has 0 aromatic heterocycles. The Morgan fingerprint density at radius 3 is 1.08 bits per heavy atom. The van der Waals surface area contributed by atoms with Gasteiger partial charge in [0, 0.05) is 6.92 Å². The zero-order valence-electron chi connectivity index (χ0n) is 11.2. The van der Waals surface area contributed by atoms with E-state index in [1.54, 1.807) is 0 Å². The number of rotatable bonds is 6. The fourth-order valence-electron chi connectivity index (χ4n) is 1.01. The maximum Gasteiger partial charge on any atom is 1.00 e. The molecule has 0 N–H and O–H groups in total. The van der Waals surface area contributed by atoms with Crippen LogP contribution >= 0.6 is 0 Å². The Morgan fingerprint density at radius 2 is 0.875 bits per heavy atom. The van der Waals surface area contributed by atoms with Gasteiger partial charge >= 0.3 is 64.4 Å². The van der Waals surface area contributed by atoms with Crippen LogP contribution in [0.2, 0.25) is 0 Å². The summed E-state index contributed by atoms with van der Waals surface area (Å²) < 4.78 is 181. The van der Waals surface area contributed by atoms with E-state index in [1.165, 1.54) is 0 Å². The molecule has 0 saturated carbocycles. The summed E-state index contributed by atoms with van der Waals surface area (Å²) in [5.74, 6) is -37.3. The second kappa shape index (κ2) is 6.35. The summed E-state index contributed by atoms with van der Waals surface area (Å²) in [6.45, 7) is -1.11. The summed E-state index contributed by atoms with van der Waals surface area (Å²) in [6, 6.07) is 0. The first kappa shape index (κ1) is 26.3. The van der Waals surface area contributed by atoms with Crippen molar-refractivity contribution in [1.82, 2.24) is 0 Å². The molecule has 3 nitrogen and oxygen atoms in total. The standard InChI is InChI=1S/C7H4F12O3S.Na/c1-2(8,9)3(10,11)4(12,13)5(14,15)6(16,17)7(18,19)23(20,21)22;/h1H3,(H,20,21,22);/q;+1/p-1. The van der Waals surface area contributed by atoms with Crippen molar-refractivity contribution in [2.75, 3.05) is 0 Å². The molecule has 0 unspecified atom stereocenters. The molecule has 0 heterocycles. The van der Waals surface area contributed by atoms with Crippen molar-refractivity contribution in [3.8, 4) is 0 Å². The van der Waals surface area contributed by atoms with E-state index >= 15 is 0 Å². The minimum absolute atomic E-state index is 0. The summed E-state index contributed by atoms with van der Waals surface area (Å²) in [4.78, 5) is 0. The van der Waals surface area contributed by atoms with E-state index in [4.69, 9.17) is 0 Å². The van der Waals surface area contributed by atoms with Gasteiger partial charge in [0.15, 0.2) is 10.1 Å². The molecule has 0 amide bonds. The Morgan fingerprint density at radius 1 is 0.625 bits per heavy atom. The van der Waals surface area contributed by atoms with E-state index in [2.05, 4.69) is 0 Å². The fourth-order valence-corrected chi connectivity index (χ4v) is 1.45. The van der Waals surface area contributed by atoms with Crippen LogP contribution in [-0.4, -0.2) is 47.8 Å². The first-order valence-corrected chi connectivity index (χ1v) is 6.13. The third-order valence-electron chi connectivity index (χ3n) is 2.41. The van der Waals surface area contributed by atoms with Gasteiger partial charge < -0.3 is 4.55 Å². The number of hydrogen-bond donors (Lipinski definition) is 0. The summed E-state index contributed by atoms with van der Waals surface area (Å²) in [5.41, 5.74) is 0. The van der Waals surface area contributed by atoms with Gasteiger partial charge in [-0.1, -0.05) is 0 Å². The zero-order valence-corrected chi connectivity index (χ0v) is 14.0. The SMILES string of the molecule is CC(F)(F)C(F)(F)C(F)(F)C(F)(F)C(F)(F)C(F)(F)S(=O)(=O)[O-].[Na+]. The molecule has 0 bridgehead atoms. The van der Waals surface area contributed by atoms with Crippen LogP contribution in [0.3, 0.4) is 0 Å². The Hall–Kier alpha value is 0.0700. The second-order valence-electron chi connectivity index (χ2n) is 4.16. The van der Waals surface area contributed by atoms with Gasteiger partial charge in [0.2, 0.25) is 0 Å². The molecule has 17 heteroatoms. The molecular formula is C7H3F12NaO3S. The summed E-state index contributed by atoms with van der Waals surface area (Å²) >= 11 is 0. The van der Waals surface area contributed by atoms with Crippen LogP contribution in [0.4, 0.5) is 52.7 Å². The van der Waals surface area contributed by atoms with E-state index in [0.717, 1.165) is 0 Å². The van der Waals surface area contributed by atoms with Crippen molar-refractivity contribution in [1.29, 1.82) is 0 Å². The number of halogens is 12. The third kappa shape index (κ3) is 3.35. The van der Waals surface area contributed by atoms with Crippen LogP contribution in [0.15, 0.2) is 0 Å². The molecule has 0 rings (SSSR count). The first-order valence-electron chi connectivity index (χ1n) is 4.72. The summed E-state index contributed by atoms with van der Waals surface area (Å²) in [6.07, 6.45) is 0. The predicted octanol–water partition coefficient (Wildman–Crippen LogP) is 0.325. The maximum atomic E-state index is 12.8. The van der Waals surface area contributed by atoms with Crippen LogP contribution in [0, 0.1) is 0 Å². The van der Waals surface area contributed by atoms with Crippen LogP contribution < -0.4 is 29.6 Å². The Balaban J connectivity index is 0. The van der Waals surface area contributed by atoms with Gasteiger partial charge in [0.05, 0.1) is 0 Å². The van der Waals surface area contributed by atoms with Gasteiger partial charge in [-0.15, -0.1) is 0 Å². The van der Waals surface area contributed by atoms with Crippen LogP contribution in [0.25, 0.3) is 0 Å². The average molecular weight is 418 g/mol. The van der Waals surface area contributed by atoms with E-state index in [0.29, 0.717) is 0 Å². The smallest absolute Gasteiger partial charge is 0.743 e. The Kier molecular flexibility index (Phi) is 6.96. The van der Waals surface area contributed by atoms with Crippen molar-refractivity contribution >= 4 is 10.1 Å². The molecule has 0 aliphatic rings. The Bertz CT molecular complexity index is 566. The molecule has 0 fully saturated rings. The monoisotopic (exact) mass is 418 g/mol. The molecule has 0 radical (unpaired) electrons. The molecule has 0 aliphatic carbocycles. The molecule has 0 spiro atoms. The predicted molar refractivity (Wildman–Crippen MR) is 45.1 cm³/mol. The largest absolute Gasteiger partial charge is 1.00 e. The summed E-state index contributed by atoms with van der Waals surface area (Å²) in [5, 5.41) is -7.51. The molecular weight excluding hydrogens is 415 g/mol. The van der Waals surface area contributed by atoms with Crippen molar-refractivity contribution in [3.63, 3.8) is 0 Å². The molecule has 0 aliphatic heterocycles. The van der Waals surface area contributed by atoms with Crippen molar-refractivity contribution < 1.29 is 95.2 Å². The summed E-state index contributed by atoms with van der Waals surface area (Å²) in [7, 11) is -7.76. The van der Waals surface area contributed by atoms with Gasteiger partial charge in [-0.2, -0.15) is 52.7 Å². The zero-order chi connectivity index (χ0) is 19.5. The molecule has 140 valence electrons. The van der Waals surface area contributed by atoms with E-state index in [-0.39, 0.29) is 29.6 Å². The van der Waals surface area contributed by atoms with Gasteiger partial charge in [-0.25, -0.2) is 8.42 Å². The van der Waals surface area contributed by atoms with Crippen LogP contribution in [0.1, 0.15) is 6.92 Å². The first-order chi connectivity index (χ1) is 9.50. The molecule has 24 heavy (non-hydrogen) atoms. The minimum Gasteiger partial charge on any atom is -0.743 e. The average Bonchev–Trinajstić information content (AvgIpc) is 2.24. The van der Waals surface area contributed by atoms with E-state index in [9.17, 15) is 65.7 Å². The topological polar surface area (TPSA) is 57.2 Å². The number of hydrogen-bond acceptors (Lipinski definition) is 3. The van der Waals surface area contributed by atoms with Gasteiger partial charge in [0.1, 0.15) is 0 Å². The normalized spacial score (nSPS) is 15.9. The van der Waals surface area contributed by atoms with Crippen molar-refractivity contribution in [2.45, 2.75) is 41.8 Å². The van der Waals surface area contributed by atoms with Crippen molar-refractivity contribution in [3.05, 3.63) is 0 Å². The Labute approximate surface area is 147 Å². The van der Waals surface area contributed by atoms with Crippen molar-refractivity contribution in [2.24, 2.45) is 0 Å². The molecule has 0 atom stereocenters. The second-order valence-corrected chi connectivity index (χ2v) is 5.58. The third-order valence-corrected chi connectivity index (χ3v) is 3.30. The fraction of sp³-hybridized carbons (Fsp3) is 1.00. The molecule has 0 saturated heterocycles. The van der Waals surface area contributed by atoms with Gasteiger partial charge in [0.25, 0.3) is 0 Å². The van der Waals surface area contributed by atoms with Crippen LogP contribution in [-0.2, 0) is 10.1 Å².